The summed E-state index contributed by atoms with van der Waals surface area (Å²) in [5, 5.41) is 18.4. The van der Waals surface area contributed by atoms with Crippen molar-refractivity contribution in [3.05, 3.63) is 59.2 Å². The quantitative estimate of drug-likeness (QED) is 0.851. The predicted molar refractivity (Wildman–Crippen MR) is 74.3 cm³/mol. The summed E-state index contributed by atoms with van der Waals surface area (Å²) >= 11 is 0. The Bertz CT molecular complexity index is 681. The van der Waals surface area contributed by atoms with E-state index in [0.29, 0.717) is 18.8 Å². The summed E-state index contributed by atoms with van der Waals surface area (Å²) in [6, 6.07) is 14.9. The number of hydrogen-bond acceptors (Lipinski definition) is 4. The van der Waals surface area contributed by atoms with E-state index < -0.39 is 7.12 Å². The summed E-state index contributed by atoms with van der Waals surface area (Å²) in [4.78, 5) is 0. The second kappa shape index (κ2) is 5.37. The maximum atomic E-state index is 9.54. The van der Waals surface area contributed by atoms with E-state index in [9.17, 15) is 5.02 Å². The first-order valence-electron chi connectivity index (χ1n) is 6.30. The fraction of sp³-hybridized carbons (Fsp3) is 0.133. The van der Waals surface area contributed by atoms with Crippen LogP contribution in [0.15, 0.2) is 42.5 Å². The third kappa shape index (κ3) is 2.52. The highest BCUT2D eigenvalue weighted by Gasteiger charge is 2.27. The molecule has 0 fully saturated rings. The first-order valence-corrected chi connectivity index (χ1v) is 6.30. The van der Waals surface area contributed by atoms with Gasteiger partial charge in [-0.2, -0.15) is 5.26 Å². The molecule has 1 aliphatic heterocycles. The Hall–Kier alpha value is -2.29. The smallest absolute Gasteiger partial charge is 0.489 e. The van der Waals surface area contributed by atoms with Crippen LogP contribution in [-0.2, 0) is 17.9 Å². The molecular formula is C15H12BNO3. The van der Waals surface area contributed by atoms with Gasteiger partial charge in [0.25, 0.3) is 0 Å². The van der Waals surface area contributed by atoms with Crippen LogP contribution in [0.4, 0.5) is 0 Å². The number of ether oxygens (including phenoxy) is 1. The molecule has 0 aliphatic carbocycles. The van der Waals surface area contributed by atoms with E-state index in [0.717, 1.165) is 22.3 Å². The second-order valence-corrected chi connectivity index (χ2v) is 4.62. The minimum absolute atomic E-state index is 0.400. The van der Waals surface area contributed by atoms with E-state index in [1.165, 1.54) is 0 Å². The maximum Gasteiger partial charge on any atom is 0.491 e. The Morgan fingerprint density at radius 1 is 1.30 bits per heavy atom. The Balaban J connectivity index is 1.71. The van der Waals surface area contributed by atoms with Gasteiger partial charge in [0, 0.05) is 0 Å². The zero-order chi connectivity index (χ0) is 13.9. The van der Waals surface area contributed by atoms with Gasteiger partial charge in [0.2, 0.25) is 0 Å². The van der Waals surface area contributed by atoms with Gasteiger partial charge >= 0.3 is 7.12 Å². The Kier molecular flexibility index (Phi) is 3.42. The first kappa shape index (κ1) is 12.7. The molecule has 3 rings (SSSR count). The lowest BCUT2D eigenvalue weighted by Crippen LogP contribution is -2.27. The van der Waals surface area contributed by atoms with Crippen molar-refractivity contribution in [1.82, 2.24) is 0 Å². The molecule has 0 atom stereocenters. The molecule has 0 unspecified atom stereocenters. The fourth-order valence-electron chi connectivity index (χ4n) is 2.19. The Morgan fingerprint density at radius 2 is 2.20 bits per heavy atom. The molecule has 1 aliphatic rings. The van der Waals surface area contributed by atoms with E-state index in [1.54, 1.807) is 12.1 Å². The zero-order valence-corrected chi connectivity index (χ0v) is 10.7. The molecule has 2 aromatic rings. The van der Waals surface area contributed by atoms with Crippen molar-refractivity contribution in [2.45, 2.75) is 13.2 Å². The number of fused-ring (bicyclic) bond motifs is 1. The first-order chi connectivity index (χ1) is 9.76. The minimum Gasteiger partial charge on any atom is -0.489 e. The zero-order valence-electron chi connectivity index (χ0n) is 10.7. The maximum absolute atomic E-state index is 9.54. The van der Waals surface area contributed by atoms with Crippen molar-refractivity contribution < 1.29 is 14.4 Å². The Morgan fingerprint density at radius 3 is 3.05 bits per heavy atom. The highest BCUT2D eigenvalue weighted by molar-refractivity contribution is 6.61. The average molecular weight is 265 g/mol. The summed E-state index contributed by atoms with van der Waals surface area (Å²) in [7, 11) is -0.827. The van der Waals surface area contributed by atoms with Gasteiger partial charge in [-0.3, -0.25) is 0 Å². The largest absolute Gasteiger partial charge is 0.491 e. The van der Waals surface area contributed by atoms with Crippen LogP contribution in [0.25, 0.3) is 0 Å². The molecule has 0 aromatic heterocycles. The highest BCUT2D eigenvalue weighted by atomic mass is 16.5. The molecule has 5 heteroatoms. The highest BCUT2D eigenvalue weighted by Crippen LogP contribution is 2.18. The van der Waals surface area contributed by atoms with Gasteiger partial charge in [0.15, 0.2) is 0 Å². The summed E-state index contributed by atoms with van der Waals surface area (Å²) in [5.74, 6) is 0.726. The topological polar surface area (TPSA) is 62.5 Å². The fourth-order valence-corrected chi connectivity index (χ4v) is 2.19. The lowest BCUT2D eigenvalue weighted by molar-refractivity contribution is 0.274. The van der Waals surface area contributed by atoms with Crippen LogP contribution in [0, 0.1) is 11.3 Å². The standard InChI is InChI=1S/C15H12BNO3/c17-8-11-2-1-3-12(6-11)9-19-14-4-5-15-13(7-14)10-20-16(15)18/h1-7,18H,9-10H2. The number of nitrogens with zero attached hydrogens (tertiary/aromatic N) is 1. The molecule has 0 saturated heterocycles. The van der Waals surface area contributed by atoms with Crippen LogP contribution < -0.4 is 10.2 Å². The van der Waals surface area contributed by atoms with Gasteiger partial charge in [0.1, 0.15) is 12.4 Å². The van der Waals surface area contributed by atoms with Crippen molar-refractivity contribution in [1.29, 1.82) is 5.26 Å². The molecule has 0 radical (unpaired) electrons. The molecule has 0 saturated carbocycles. The van der Waals surface area contributed by atoms with Crippen molar-refractivity contribution in [3.8, 4) is 11.8 Å². The summed E-state index contributed by atoms with van der Waals surface area (Å²) in [6.07, 6.45) is 0. The summed E-state index contributed by atoms with van der Waals surface area (Å²) in [6.45, 7) is 0.801. The van der Waals surface area contributed by atoms with Crippen LogP contribution in [0.2, 0.25) is 0 Å². The minimum atomic E-state index is -0.827. The van der Waals surface area contributed by atoms with E-state index in [4.69, 9.17) is 14.7 Å². The molecule has 1 heterocycles. The molecule has 98 valence electrons. The predicted octanol–water partition coefficient (Wildman–Crippen LogP) is 1.35. The van der Waals surface area contributed by atoms with Gasteiger partial charge in [-0.15, -0.1) is 0 Å². The molecule has 0 bridgehead atoms. The van der Waals surface area contributed by atoms with Crippen molar-refractivity contribution in [2.75, 3.05) is 0 Å². The molecule has 0 amide bonds. The lowest BCUT2D eigenvalue weighted by atomic mass is 9.80. The van der Waals surface area contributed by atoms with Crippen molar-refractivity contribution >= 4 is 12.6 Å². The summed E-state index contributed by atoms with van der Waals surface area (Å²) in [5.41, 5.74) is 3.31. The number of benzene rings is 2. The van der Waals surface area contributed by atoms with Gasteiger partial charge in [-0.05, 0) is 40.9 Å². The van der Waals surface area contributed by atoms with Gasteiger partial charge in [-0.1, -0.05) is 18.2 Å². The van der Waals surface area contributed by atoms with Crippen LogP contribution >= 0.6 is 0 Å². The molecular weight excluding hydrogens is 253 g/mol. The number of hydrogen-bond donors (Lipinski definition) is 1. The van der Waals surface area contributed by atoms with Gasteiger partial charge < -0.3 is 14.4 Å². The van der Waals surface area contributed by atoms with Gasteiger partial charge in [-0.25, -0.2) is 0 Å². The van der Waals surface area contributed by atoms with Crippen LogP contribution in [0.3, 0.4) is 0 Å². The molecule has 2 aromatic carbocycles. The SMILES string of the molecule is N#Cc1cccc(COc2ccc3c(c2)COB3O)c1. The van der Waals surface area contributed by atoms with E-state index in [1.807, 2.05) is 30.3 Å². The van der Waals surface area contributed by atoms with Crippen LogP contribution in [0.5, 0.6) is 5.75 Å². The third-order valence-electron chi connectivity index (χ3n) is 3.24. The van der Waals surface area contributed by atoms with E-state index in [2.05, 4.69) is 6.07 Å². The van der Waals surface area contributed by atoms with E-state index in [-0.39, 0.29) is 0 Å². The molecule has 0 spiro atoms. The molecule has 20 heavy (non-hydrogen) atoms. The van der Waals surface area contributed by atoms with Crippen LogP contribution in [-0.4, -0.2) is 12.1 Å². The number of nitriles is 1. The third-order valence-corrected chi connectivity index (χ3v) is 3.24. The van der Waals surface area contributed by atoms with E-state index >= 15 is 0 Å². The summed E-state index contributed by atoms with van der Waals surface area (Å²) < 4.78 is 10.8. The van der Waals surface area contributed by atoms with Gasteiger partial charge in [0.05, 0.1) is 18.2 Å². The molecule has 4 nitrogen and oxygen atoms in total. The monoisotopic (exact) mass is 265 g/mol. The lowest BCUT2D eigenvalue weighted by Gasteiger charge is -2.08. The second-order valence-electron chi connectivity index (χ2n) is 4.62. The molecule has 1 N–H and O–H groups in total. The average Bonchev–Trinajstić information content (AvgIpc) is 2.86. The Labute approximate surface area is 117 Å². The van der Waals surface area contributed by atoms with Crippen molar-refractivity contribution in [3.63, 3.8) is 0 Å². The number of rotatable bonds is 3. The van der Waals surface area contributed by atoms with Crippen LogP contribution in [0.1, 0.15) is 16.7 Å². The van der Waals surface area contributed by atoms with Crippen molar-refractivity contribution in [2.24, 2.45) is 0 Å². The normalized spacial score (nSPS) is 12.9.